The lowest BCUT2D eigenvalue weighted by molar-refractivity contribution is 0.0697. The van der Waals surface area contributed by atoms with E-state index in [4.69, 9.17) is 25.6 Å². The van der Waals surface area contributed by atoms with E-state index >= 15 is 0 Å². The van der Waals surface area contributed by atoms with Crippen LogP contribution in [0, 0.1) is 11.3 Å². The fourth-order valence-corrected chi connectivity index (χ4v) is 2.52. The molecule has 0 unspecified atom stereocenters. The van der Waals surface area contributed by atoms with Gasteiger partial charge in [0.1, 0.15) is 5.75 Å². The van der Waals surface area contributed by atoms with Crippen molar-refractivity contribution < 1.29 is 19.4 Å². The van der Waals surface area contributed by atoms with E-state index in [-0.39, 0.29) is 5.56 Å². The van der Waals surface area contributed by atoms with E-state index < -0.39 is 5.97 Å². The first kappa shape index (κ1) is 25.7. The number of aromatic carboxylic acids is 1. The van der Waals surface area contributed by atoms with Crippen molar-refractivity contribution in [3.63, 3.8) is 0 Å². The van der Waals surface area contributed by atoms with Crippen molar-refractivity contribution >= 4 is 11.7 Å². The van der Waals surface area contributed by atoms with Gasteiger partial charge in [-0.25, -0.2) is 4.79 Å². The summed E-state index contributed by atoms with van der Waals surface area (Å²) in [4.78, 5) is 10.7. The Morgan fingerprint density at radius 2 is 1.58 bits per heavy atom. The lowest BCUT2D eigenvalue weighted by Crippen LogP contribution is -2.00. The third kappa shape index (κ3) is 12.8. The number of ether oxygens (including phenoxy) is 2. The highest BCUT2D eigenvalue weighted by atomic mass is 16.5. The van der Waals surface area contributed by atoms with Crippen LogP contribution in [0.25, 0.3) is 0 Å². The molecule has 2 aromatic carbocycles. The number of hydrogen-bond acceptors (Lipinski definition) is 5. The van der Waals surface area contributed by atoms with E-state index in [2.05, 4.69) is 6.58 Å². The lowest BCUT2D eigenvalue weighted by atomic mass is 10.1. The molecule has 0 aliphatic rings. The molecule has 2 rings (SSSR count). The number of anilines is 1. The summed E-state index contributed by atoms with van der Waals surface area (Å²) < 4.78 is 11.0. The number of carboxylic acids is 1. The first-order chi connectivity index (χ1) is 14.9. The molecule has 3 N–H and O–H groups in total. The fourth-order valence-electron chi connectivity index (χ4n) is 2.52. The summed E-state index contributed by atoms with van der Waals surface area (Å²) in [5, 5.41) is 17.1. The summed E-state index contributed by atoms with van der Waals surface area (Å²) in [5.74, 6) is -0.197. The number of carboxylic acid groups (broad SMARTS) is 1. The molecule has 0 atom stereocenters. The van der Waals surface area contributed by atoms with E-state index in [9.17, 15) is 4.79 Å². The molecule has 31 heavy (non-hydrogen) atoms. The number of nitrogens with zero attached hydrogens (tertiary/aromatic N) is 1. The highest BCUT2D eigenvalue weighted by Gasteiger charge is 2.01. The normalized spacial score (nSPS) is 9.81. The minimum Gasteiger partial charge on any atom is -0.494 e. The predicted octanol–water partition coefficient (Wildman–Crippen LogP) is 5.45. The monoisotopic (exact) mass is 424 g/mol. The molecular formula is C25H32N2O4. The average Bonchev–Trinajstić information content (AvgIpc) is 2.76. The number of nitrogen functional groups attached to an aromatic ring is 1. The number of hydrogen-bond donors (Lipinski definition) is 2. The van der Waals surface area contributed by atoms with Crippen molar-refractivity contribution in [3.8, 4) is 11.8 Å². The quantitative estimate of drug-likeness (QED) is 0.267. The molecule has 6 nitrogen and oxygen atoms in total. The Labute approximate surface area is 184 Å². The average molecular weight is 425 g/mol. The van der Waals surface area contributed by atoms with Crippen LogP contribution in [0.1, 0.15) is 54.9 Å². The number of nitrogens with two attached hydrogens (primary N) is 1. The van der Waals surface area contributed by atoms with Gasteiger partial charge in [0.15, 0.2) is 0 Å². The highest BCUT2D eigenvalue weighted by Crippen LogP contribution is 2.13. The second kappa shape index (κ2) is 15.5. The fraction of sp³-hybridized carbons (Fsp3) is 0.360. The van der Waals surface area contributed by atoms with Gasteiger partial charge < -0.3 is 20.3 Å². The summed E-state index contributed by atoms with van der Waals surface area (Å²) in [5.41, 5.74) is 8.05. The molecular weight excluding hydrogens is 392 g/mol. The number of unbranched alkanes of at least 4 members (excludes halogenated alkanes) is 4. The third-order valence-corrected chi connectivity index (χ3v) is 4.19. The zero-order valence-electron chi connectivity index (χ0n) is 18.2. The van der Waals surface area contributed by atoms with Gasteiger partial charge in [0, 0.05) is 12.3 Å². The second-order valence-corrected chi connectivity index (χ2v) is 7.19. The summed E-state index contributed by atoms with van der Waals surface area (Å²) in [6.45, 7) is 7.89. The van der Waals surface area contributed by atoms with Crippen LogP contribution in [0.2, 0.25) is 0 Å². The maximum absolute atomic E-state index is 10.7. The van der Waals surface area contributed by atoms with Gasteiger partial charge in [-0.05, 0) is 68.3 Å². The van der Waals surface area contributed by atoms with Crippen LogP contribution in [0.15, 0.2) is 60.7 Å². The molecule has 2 aromatic rings. The van der Waals surface area contributed by atoms with Crippen LogP contribution in [0.5, 0.6) is 5.75 Å². The van der Waals surface area contributed by atoms with E-state index in [0.29, 0.717) is 24.5 Å². The van der Waals surface area contributed by atoms with Crippen LogP contribution in [0.3, 0.4) is 0 Å². The molecule has 0 bridgehead atoms. The maximum atomic E-state index is 10.7. The molecule has 0 aliphatic heterocycles. The lowest BCUT2D eigenvalue weighted by Gasteiger charge is -2.07. The Bertz CT molecular complexity index is 824. The molecule has 0 radical (unpaired) electrons. The highest BCUT2D eigenvalue weighted by molar-refractivity contribution is 5.87. The minimum absolute atomic E-state index is 0.279. The zero-order chi connectivity index (χ0) is 22.9. The van der Waals surface area contributed by atoms with Crippen molar-refractivity contribution in [1.82, 2.24) is 0 Å². The smallest absolute Gasteiger partial charge is 0.335 e. The molecule has 6 heteroatoms. The second-order valence-electron chi connectivity index (χ2n) is 7.19. The van der Waals surface area contributed by atoms with Crippen molar-refractivity contribution in [1.29, 1.82) is 5.26 Å². The van der Waals surface area contributed by atoms with Gasteiger partial charge in [0.2, 0.25) is 0 Å². The predicted molar refractivity (Wildman–Crippen MR) is 123 cm³/mol. The Morgan fingerprint density at radius 1 is 1.00 bits per heavy atom. The van der Waals surface area contributed by atoms with Crippen LogP contribution in [0.4, 0.5) is 5.69 Å². The Kier molecular flexibility index (Phi) is 12.9. The molecule has 0 amide bonds. The van der Waals surface area contributed by atoms with E-state index in [0.717, 1.165) is 37.2 Å². The molecule has 0 saturated carbocycles. The van der Waals surface area contributed by atoms with Crippen LogP contribution in [-0.4, -0.2) is 30.9 Å². The zero-order valence-corrected chi connectivity index (χ0v) is 18.2. The molecule has 0 aromatic heterocycles. The van der Waals surface area contributed by atoms with Crippen LogP contribution in [-0.2, 0) is 4.74 Å². The summed E-state index contributed by atoms with van der Waals surface area (Å²) >= 11 is 0. The number of rotatable bonds is 12. The molecule has 0 saturated heterocycles. The van der Waals surface area contributed by atoms with Crippen LogP contribution < -0.4 is 10.5 Å². The molecule has 0 heterocycles. The SMILES string of the molecule is C=C(C)COCCCCCCCOc1ccc(C(=O)O)cc1.N#Cc1ccc(N)cc1. The van der Waals surface area contributed by atoms with Crippen molar-refractivity contribution in [2.75, 3.05) is 25.6 Å². The van der Waals surface area contributed by atoms with Gasteiger partial charge >= 0.3 is 5.97 Å². The van der Waals surface area contributed by atoms with Gasteiger partial charge in [-0.1, -0.05) is 31.4 Å². The topological polar surface area (TPSA) is 106 Å². The van der Waals surface area contributed by atoms with E-state index in [1.54, 1.807) is 48.5 Å². The minimum atomic E-state index is -0.918. The van der Waals surface area contributed by atoms with Crippen molar-refractivity contribution in [3.05, 3.63) is 71.8 Å². The first-order valence-corrected chi connectivity index (χ1v) is 10.4. The number of nitriles is 1. The number of benzene rings is 2. The standard InChI is InChI=1S/C18H26O4.C7H6N2/c1-15(2)14-21-12-6-4-3-5-7-13-22-17-10-8-16(9-11-17)18(19)20;8-5-6-1-3-7(9)4-2-6/h8-11H,1,3-7,12-14H2,2H3,(H,19,20);1-4H,9H2. The van der Waals surface area contributed by atoms with Gasteiger partial charge in [-0.15, -0.1) is 0 Å². The Morgan fingerprint density at radius 3 is 2.13 bits per heavy atom. The van der Waals surface area contributed by atoms with Gasteiger partial charge in [0.25, 0.3) is 0 Å². The summed E-state index contributed by atoms with van der Waals surface area (Å²) in [6, 6.07) is 15.3. The Balaban J connectivity index is 0.000000442. The number of carbonyl (C=O) groups is 1. The maximum Gasteiger partial charge on any atom is 0.335 e. The van der Waals surface area contributed by atoms with Gasteiger partial charge in [-0.3, -0.25) is 0 Å². The molecule has 0 fully saturated rings. The largest absolute Gasteiger partial charge is 0.494 e. The summed E-state index contributed by atoms with van der Waals surface area (Å²) in [6.07, 6.45) is 5.58. The van der Waals surface area contributed by atoms with Gasteiger partial charge in [0.05, 0.1) is 30.4 Å². The van der Waals surface area contributed by atoms with E-state index in [1.165, 1.54) is 12.8 Å². The third-order valence-electron chi connectivity index (χ3n) is 4.19. The van der Waals surface area contributed by atoms with E-state index in [1.807, 2.05) is 13.0 Å². The van der Waals surface area contributed by atoms with Gasteiger partial charge in [-0.2, -0.15) is 5.26 Å². The molecule has 0 aliphatic carbocycles. The van der Waals surface area contributed by atoms with Crippen molar-refractivity contribution in [2.24, 2.45) is 0 Å². The van der Waals surface area contributed by atoms with Crippen LogP contribution >= 0.6 is 0 Å². The Hall–Kier alpha value is -3.30. The summed E-state index contributed by atoms with van der Waals surface area (Å²) in [7, 11) is 0. The van der Waals surface area contributed by atoms with Crippen molar-refractivity contribution in [2.45, 2.75) is 39.0 Å². The first-order valence-electron chi connectivity index (χ1n) is 10.4. The molecule has 166 valence electrons. The molecule has 0 spiro atoms.